The molecule has 1 aromatic carbocycles. The van der Waals surface area contributed by atoms with Gasteiger partial charge in [-0.3, -0.25) is 4.79 Å². The van der Waals surface area contributed by atoms with Crippen LogP contribution < -0.4 is 10.1 Å². The van der Waals surface area contributed by atoms with Crippen LogP contribution in [0.3, 0.4) is 0 Å². The van der Waals surface area contributed by atoms with E-state index in [0.29, 0.717) is 17.5 Å². The Bertz CT molecular complexity index is 635. The molecule has 1 heterocycles. The van der Waals surface area contributed by atoms with E-state index in [2.05, 4.69) is 10.3 Å². The lowest BCUT2D eigenvalue weighted by Crippen LogP contribution is -2.32. The fraction of sp³-hybridized carbons (Fsp3) is 0.375. The number of fused-ring (bicyclic) bond motifs is 1. The minimum atomic E-state index is -0.124. The number of hydrogen-bond acceptors (Lipinski definition) is 3. The van der Waals surface area contributed by atoms with Crippen molar-refractivity contribution in [3.05, 3.63) is 36.0 Å². The van der Waals surface area contributed by atoms with Crippen LogP contribution in [-0.4, -0.2) is 24.5 Å². The number of nitrogens with zero attached hydrogens (tertiary/aromatic N) is 1. The number of nitrogens with one attached hydrogen (secondary N) is 1. The average Bonchev–Trinajstić information content (AvgIpc) is 2.44. The van der Waals surface area contributed by atoms with Gasteiger partial charge in [-0.15, -0.1) is 0 Å². The zero-order chi connectivity index (χ0) is 13.9. The van der Waals surface area contributed by atoms with Crippen LogP contribution in [0.1, 0.15) is 29.8 Å². The summed E-state index contributed by atoms with van der Waals surface area (Å²) in [4.78, 5) is 16.5. The Labute approximate surface area is 118 Å². The molecule has 104 valence electrons. The second-order valence-electron chi connectivity index (χ2n) is 5.24. The Morgan fingerprint density at radius 3 is 2.90 bits per heavy atom. The molecule has 2 aromatic rings. The molecule has 1 aromatic heterocycles. The van der Waals surface area contributed by atoms with E-state index in [1.54, 1.807) is 7.11 Å². The molecule has 1 saturated carbocycles. The van der Waals surface area contributed by atoms with Crippen molar-refractivity contribution in [2.24, 2.45) is 5.92 Å². The van der Waals surface area contributed by atoms with Crippen molar-refractivity contribution in [2.45, 2.75) is 19.3 Å². The number of benzene rings is 1. The Kier molecular flexibility index (Phi) is 3.54. The summed E-state index contributed by atoms with van der Waals surface area (Å²) in [5.41, 5.74) is 0.417. The van der Waals surface area contributed by atoms with E-state index in [-0.39, 0.29) is 5.91 Å². The molecule has 0 unspecified atom stereocenters. The lowest BCUT2D eigenvalue weighted by atomic mass is 9.85. The predicted molar refractivity (Wildman–Crippen MR) is 78.0 cm³/mol. The molecule has 0 aliphatic heterocycles. The third kappa shape index (κ3) is 2.46. The zero-order valence-corrected chi connectivity index (χ0v) is 11.6. The van der Waals surface area contributed by atoms with Crippen LogP contribution in [0.2, 0.25) is 0 Å². The summed E-state index contributed by atoms with van der Waals surface area (Å²) in [6.45, 7) is 0.746. The van der Waals surface area contributed by atoms with Crippen molar-refractivity contribution in [1.82, 2.24) is 10.3 Å². The summed E-state index contributed by atoms with van der Waals surface area (Å²) in [7, 11) is 1.57. The van der Waals surface area contributed by atoms with E-state index in [9.17, 15) is 4.79 Å². The summed E-state index contributed by atoms with van der Waals surface area (Å²) >= 11 is 0. The minimum absolute atomic E-state index is 0.124. The smallest absolute Gasteiger partial charge is 0.270 e. The first-order chi connectivity index (χ1) is 9.78. The number of carbonyl (C=O) groups is 1. The van der Waals surface area contributed by atoms with Crippen LogP contribution in [0.4, 0.5) is 0 Å². The lowest BCUT2D eigenvalue weighted by Gasteiger charge is -2.25. The molecule has 0 radical (unpaired) electrons. The molecule has 4 heteroatoms. The van der Waals surface area contributed by atoms with Crippen molar-refractivity contribution >= 4 is 16.7 Å². The molecule has 1 aliphatic rings. The monoisotopic (exact) mass is 270 g/mol. The molecule has 20 heavy (non-hydrogen) atoms. The fourth-order valence-corrected chi connectivity index (χ4v) is 2.46. The highest BCUT2D eigenvalue weighted by molar-refractivity contribution is 5.98. The molecule has 1 fully saturated rings. The molecule has 3 rings (SSSR count). The Morgan fingerprint density at radius 1 is 1.40 bits per heavy atom. The van der Waals surface area contributed by atoms with Crippen LogP contribution in [-0.2, 0) is 0 Å². The Morgan fingerprint density at radius 2 is 2.20 bits per heavy atom. The molecule has 0 atom stereocenters. The van der Waals surface area contributed by atoms with Crippen LogP contribution in [0, 0.1) is 5.92 Å². The maximum Gasteiger partial charge on any atom is 0.270 e. The van der Waals surface area contributed by atoms with Crippen molar-refractivity contribution in [1.29, 1.82) is 0 Å². The number of methoxy groups -OCH3 is 1. The lowest BCUT2D eigenvalue weighted by molar-refractivity contribution is 0.0933. The van der Waals surface area contributed by atoms with Gasteiger partial charge in [0.25, 0.3) is 5.91 Å². The highest BCUT2D eigenvalue weighted by atomic mass is 16.5. The first-order valence-corrected chi connectivity index (χ1v) is 7.00. The van der Waals surface area contributed by atoms with Crippen molar-refractivity contribution in [2.75, 3.05) is 13.7 Å². The second kappa shape index (κ2) is 5.49. The van der Waals surface area contributed by atoms with Crippen LogP contribution >= 0.6 is 0 Å². The minimum Gasteiger partial charge on any atom is -0.481 e. The first kappa shape index (κ1) is 12.9. The molecule has 0 saturated heterocycles. The molecule has 0 bridgehead atoms. The predicted octanol–water partition coefficient (Wildman–Crippen LogP) is 2.77. The van der Waals surface area contributed by atoms with Crippen LogP contribution in [0.15, 0.2) is 30.3 Å². The van der Waals surface area contributed by atoms with Gasteiger partial charge in [-0.05, 0) is 36.3 Å². The summed E-state index contributed by atoms with van der Waals surface area (Å²) in [6, 6.07) is 9.59. The van der Waals surface area contributed by atoms with Crippen molar-refractivity contribution in [3.63, 3.8) is 0 Å². The van der Waals surface area contributed by atoms with Crippen molar-refractivity contribution in [3.8, 4) is 5.88 Å². The number of ether oxygens (including phenoxy) is 1. The quantitative estimate of drug-likeness (QED) is 0.929. The maximum atomic E-state index is 12.2. The first-order valence-electron chi connectivity index (χ1n) is 7.00. The summed E-state index contributed by atoms with van der Waals surface area (Å²) in [6.07, 6.45) is 3.71. The second-order valence-corrected chi connectivity index (χ2v) is 5.24. The number of carbonyl (C=O) groups excluding carboxylic acids is 1. The van der Waals surface area contributed by atoms with E-state index in [1.807, 2.05) is 30.3 Å². The SMILES string of the molecule is COc1nc(C(=O)NCC2CCC2)cc2ccccc12. The van der Waals surface area contributed by atoms with Gasteiger partial charge in [0.2, 0.25) is 5.88 Å². The number of aromatic nitrogens is 1. The number of amides is 1. The van der Waals surface area contributed by atoms with Gasteiger partial charge in [0.15, 0.2) is 0 Å². The number of rotatable bonds is 4. The summed E-state index contributed by atoms with van der Waals surface area (Å²) < 4.78 is 5.29. The number of pyridine rings is 1. The highest BCUT2D eigenvalue weighted by Gasteiger charge is 2.19. The highest BCUT2D eigenvalue weighted by Crippen LogP contribution is 2.26. The van der Waals surface area contributed by atoms with E-state index in [4.69, 9.17) is 4.74 Å². The average molecular weight is 270 g/mol. The van der Waals surface area contributed by atoms with Gasteiger partial charge >= 0.3 is 0 Å². The van der Waals surface area contributed by atoms with Gasteiger partial charge < -0.3 is 10.1 Å². The zero-order valence-electron chi connectivity index (χ0n) is 11.6. The largest absolute Gasteiger partial charge is 0.481 e. The van der Waals surface area contributed by atoms with Gasteiger partial charge in [0.1, 0.15) is 5.69 Å². The van der Waals surface area contributed by atoms with Crippen molar-refractivity contribution < 1.29 is 9.53 Å². The Balaban J connectivity index is 1.84. The molecule has 1 N–H and O–H groups in total. The standard InChI is InChI=1S/C16H18N2O2/c1-20-16-13-8-3-2-7-12(13)9-14(18-16)15(19)17-10-11-5-4-6-11/h2-3,7-9,11H,4-6,10H2,1H3,(H,17,19). The van der Waals surface area contributed by atoms with E-state index < -0.39 is 0 Å². The maximum absolute atomic E-state index is 12.2. The molecular weight excluding hydrogens is 252 g/mol. The molecule has 4 nitrogen and oxygen atoms in total. The van der Waals surface area contributed by atoms with E-state index in [0.717, 1.165) is 17.3 Å². The third-order valence-corrected chi connectivity index (χ3v) is 3.91. The summed E-state index contributed by atoms with van der Waals surface area (Å²) in [5, 5.41) is 4.85. The van der Waals surface area contributed by atoms with Gasteiger partial charge in [0.05, 0.1) is 7.11 Å². The van der Waals surface area contributed by atoms with Crippen LogP contribution in [0.25, 0.3) is 10.8 Å². The van der Waals surface area contributed by atoms with Gasteiger partial charge in [-0.2, -0.15) is 0 Å². The normalized spacial score (nSPS) is 14.8. The third-order valence-electron chi connectivity index (χ3n) is 3.91. The van der Waals surface area contributed by atoms with E-state index >= 15 is 0 Å². The summed E-state index contributed by atoms with van der Waals surface area (Å²) in [5.74, 6) is 1.01. The molecule has 1 amide bonds. The fourth-order valence-electron chi connectivity index (χ4n) is 2.46. The van der Waals surface area contributed by atoms with Gasteiger partial charge in [-0.25, -0.2) is 4.98 Å². The Hall–Kier alpha value is -2.10. The molecule has 0 spiro atoms. The topological polar surface area (TPSA) is 51.2 Å². The molecular formula is C16H18N2O2. The molecule has 1 aliphatic carbocycles. The van der Waals surface area contributed by atoms with E-state index in [1.165, 1.54) is 19.3 Å². The number of hydrogen-bond donors (Lipinski definition) is 1. The van der Waals surface area contributed by atoms with Gasteiger partial charge in [-0.1, -0.05) is 24.6 Å². The van der Waals surface area contributed by atoms with Crippen LogP contribution in [0.5, 0.6) is 5.88 Å². The van der Waals surface area contributed by atoms with Gasteiger partial charge in [0, 0.05) is 11.9 Å².